The summed E-state index contributed by atoms with van der Waals surface area (Å²) in [5.74, 6) is -0.156. The molecule has 1 unspecified atom stereocenters. The van der Waals surface area contributed by atoms with E-state index in [1.165, 1.54) is 37.7 Å². The fourth-order valence-electron chi connectivity index (χ4n) is 3.17. The van der Waals surface area contributed by atoms with Gasteiger partial charge in [0.2, 0.25) is 0 Å². The maximum absolute atomic E-state index is 13.1. The minimum Gasteiger partial charge on any atom is -0.308 e. The monoisotopic (exact) mass is 292 g/mol. The van der Waals surface area contributed by atoms with Crippen molar-refractivity contribution in [3.8, 4) is 0 Å². The molecule has 3 heteroatoms. The van der Waals surface area contributed by atoms with E-state index in [1.54, 1.807) is 12.1 Å². The van der Waals surface area contributed by atoms with Crippen molar-refractivity contribution in [3.05, 3.63) is 35.6 Å². The van der Waals surface area contributed by atoms with E-state index in [4.69, 9.17) is 0 Å². The first kappa shape index (κ1) is 16.4. The summed E-state index contributed by atoms with van der Waals surface area (Å²) >= 11 is 0. The van der Waals surface area contributed by atoms with Crippen LogP contribution < -0.4 is 5.32 Å². The second-order valence-electron chi connectivity index (χ2n) is 6.60. The SMILES string of the molecule is CCCCC(NCC1(N(C)C)CCC1)c1ccc(F)cc1. The van der Waals surface area contributed by atoms with Crippen molar-refractivity contribution in [2.45, 2.75) is 57.0 Å². The van der Waals surface area contributed by atoms with Crippen LogP contribution in [0, 0.1) is 5.82 Å². The first-order valence-corrected chi connectivity index (χ1v) is 8.24. The lowest BCUT2D eigenvalue weighted by molar-refractivity contribution is 0.0566. The van der Waals surface area contributed by atoms with E-state index in [-0.39, 0.29) is 5.82 Å². The van der Waals surface area contributed by atoms with Gasteiger partial charge in [-0.3, -0.25) is 0 Å². The normalized spacial score (nSPS) is 18.5. The third-order valence-corrected chi connectivity index (χ3v) is 5.03. The molecule has 1 N–H and O–H groups in total. The Balaban J connectivity index is 2.01. The number of nitrogens with one attached hydrogen (secondary N) is 1. The van der Waals surface area contributed by atoms with Crippen LogP contribution in [-0.4, -0.2) is 31.1 Å². The summed E-state index contributed by atoms with van der Waals surface area (Å²) in [6, 6.07) is 7.32. The molecule has 1 aromatic rings. The van der Waals surface area contributed by atoms with E-state index in [9.17, 15) is 4.39 Å². The summed E-state index contributed by atoms with van der Waals surface area (Å²) in [5.41, 5.74) is 1.53. The summed E-state index contributed by atoms with van der Waals surface area (Å²) in [6.45, 7) is 3.24. The Labute approximate surface area is 128 Å². The summed E-state index contributed by atoms with van der Waals surface area (Å²) in [4.78, 5) is 2.37. The molecule has 2 nitrogen and oxygen atoms in total. The predicted octanol–water partition coefficient (Wildman–Crippen LogP) is 4.13. The number of rotatable bonds is 8. The lowest BCUT2D eigenvalue weighted by Crippen LogP contribution is -2.56. The average molecular weight is 292 g/mol. The predicted molar refractivity (Wildman–Crippen MR) is 86.9 cm³/mol. The highest BCUT2D eigenvalue weighted by Gasteiger charge is 2.39. The van der Waals surface area contributed by atoms with Gasteiger partial charge in [-0.1, -0.05) is 31.9 Å². The summed E-state index contributed by atoms with van der Waals surface area (Å²) in [7, 11) is 4.36. The van der Waals surface area contributed by atoms with Gasteiger partial charge in [-0.15, -0.1) is 0 Å². The third kappa shape index (κ3) is 4.04. The Hall–Kier alpha value is -0.930. The Kier molecular flexibility index (Phi) is 5.77. The van der Waals surface area contributed by atoms with Gasteiger partial charge in [-0.2, -0.15) is 0 Å². The Morgan fingerprint density at radius 3 is 2.38 bits per heavy atom. The zero-order chi connectivity index (χ0) is 15.3. The fourth-order valence-corrected chi connectivity index (χ4v) is 3.17. The van der Waals surface area contributed by atoms with Gasteiger partial charge < -0.3 is 10.2 Å². The van der Waals surface area contributed by atoms with E-state index in [1.807, 2.05) is 12.1 Å². The topological polar surface area (TPSA) is 15.3 Å². The number of hydrogen-bond acceptors (Lipinski definition) is 2. The van der Waals surface area contributed by atoms with Gasteiger partial charge in [0.1, 0.15) is 5.82 Å². The summed E-state index contributed by atoms with van der Waals surface area (Å²) in [5, 5.41) is 3.75. The molecule has 1 aromatic carbocycles. The standard InChI is InChI=1S/C18H29FN2/c1-4-5-7-17(15-8-10-16(19)11-9-15)20-14-18(21(2)3)12-6-13-18/h8-11,17,20H,4-7,12-14H2,1-3H3. The molecule has 1 saturated carbocycles. The van der Waals surface area contributed by atoms with E-state index in [2.05, 4.69) is 31.2 Å². The second kappa shape index (κ2) is 7.37. The molecule has 0 aliphatic heterocycles. The molecule has 0 aromatic heterocycles. The number of likely N-dealkylation sites (N-methyl/N-ethyl adjacent to an activating group) is 1. The lowest BCUT2D eigenvalue weighted by Gasteiger charge is -2.48. The third-order valence-electron chi connectivity index (χ3n) is 5.03. The van der Waals surface area contributed by atoms with Crippen molar-refractivity contribution < 1.29 is 4.39 Å². The number of benzene rings is 1. The van der Waals surface area contributed by atoms with E-state index in [0.717, 1.165) is 13.0 Å². The molecule has 1 aliphatic rings. The van der Waals surface area contributed by atoms with Gasteiger partial charge in [0, 0.05) is 18.1 Å². The van der Waals surface area contributed by atoms with Crippen LogP contribution in [-0.2, 0) is 0 Å². The Morgan fingerprint density at radius 2 is 1.90 bits per heavy atom. The number of hydrogen-bond donors (Lipinski definition) is 1. The van der Waals surface area contributed by atoms with Gasteiger partial charge in [0.15, 0.2) is 0 Å². The average Bonchev–Trinajstić information content (AvgIpc) is 2.41. The molecule has 0 heterocycles. The molecule has 1 aliphatic carbocycles. The molecule has 21 heavy (non-hydrogen) atoms. The Morgan fingerprint density at radius 1 is 1.24 bits per heavy atom. The fraction of sp³-hybridized carbons (Fsp3) is 0.667. The summed E-state index contributed by atoms with van der Waals surface area (Å²) < 4.78 is 13.1. The van der Waals surface area contributed by atoms with Gasteiger partial charge in [0.05, 0.1) is 0 Å². The van der Waals surface area contributed by atoms with Crippen molar-refractivity contribution in [2.24, 2.45) is 0 Å². The molecular weight excluding hydrogens is 263 g/mol. The van der Waals surface area contributed by atoms with Crippen LogP contribution in [0.3, 0.4) is 0 Å². The highest BCUT2D eigenvalue weighted by molar-refractivity contribution is 5.20. The molecule has 118 valence electrons. The first-order valence-electron chi connectivity index (χ1n) is 8.24. The van der Waals surface area contributed by atoms with Crippen molar-refractivity contribution >= 4 is 0 Å². The van der Waals surface area contributed by atoms with Crippen LogP contribution in [0.1, 0.15) is 57.1 Å². The summed E-state index contributed by atoms with van der Waals surface area (Å²) in [6.07, 6.45) is 7.39. The van der Waals surface area contributed by atoms with Crippen molar-refractivity contribution in [3.63, 3.8) is 0 Å². The minimum absolute atomic E-state index is 0.156. The van der Waals surface area contributed by atoms with Crippen LogP contribution in [0.25, 0.3) is 0 Å². The number of unbranched alkanes of at least 4 members (excludes halogenated alkanes) is 1. The van der Waals surface area contributed by atoms with Gasteiger partial charge in [-0.05, 0) is 57.5 Å². The first-order chi connectivity index (χ1) is 10.1. The molecule has 2 rings (SSSR count). The lowest BCUT2D eigenvalue weighted by atomic mass is 9.75. The van der Waals surface area contributed by atoms with Crippen molar-refractivity contribution in [1.82, 2.24) is 10.2 Å². The zero-order valence-corrected chi connectivity index (χ0v) is 13.7. The maximum atomic E-state index is 13.1. The Bertz CT molecular complexity index is 423. The molecular formula is C18H29FN2. The van der Waals surface area contributed by atoms with Crippen LogP contribution in [0.5, 0.6) is 0 Å². The van der Waals surface area contributed by atoms with E-state index in [0.29, 0.717) is 11.6 Å². The van der Waals surface area contributed by atoms with E-state index >= 15 is 0 Å². The molecule has 1 fully saturated rings. The van der Waals surface area contributed by atoms with Crippen LogP contribution >= 0.6 is 0 Å². The molecule has 0 amide bonds. The largest absolute Gasteiger partial charge is 0.308 e. The zero-order valence-electron chi connectivity index (χ0n) is 13.7. The van der Waals surface area contributed by atoms with Crippen LogP contribution in [0.2, 0.25) is 0 Å². The highest BCUT2D eigenvalue weighted by atomic mass is 19.1. The quantitative estimate of drug-likeness (QED) is 0.775. The van der Waals surface area contributed by atoms with Gasteiger partial charge in [0.25, 0.3) is 0 Å². The number of nitrogens with zero attached hydrogens (tertiary/aromatic N) is 1. The van der Waals surface area contributed by atoms with Crippen molar-refractivity contribution in [1.29, 1.82) is 0 Å². The van der Waals surface area contributed by atoms with Gasteiger partial charge >= 0.3 is 0 Å². The molecule has 0 spiro atoms. The van der Waals surface area contributed by atoms with Crippen LogP contribution in [0.15, 0.2) is 24.3 Å². The highest BCUT2D eigenvalue weighted by Crippen LogP contribution is 2.36. The van der Waals surface area contributed by atoms with Gasteiger partial charge in [-0.25, -0.2) is 4.39 Å². The number of halogens is 1. The second-order valence-corrected chi connectivity index (χ2v) is 6.60. The van der Waals surface area contributed by atoms with Crippen LogP contribution in [0.4, 0.5) is 4.39 Å². The minimum atomic E-state index is -0.156. The molecule has 0 radical (unpaired) electrons. The maximum Gasteiger partial charge on any atom is 0.123 e. The molecule has 1 atom stereocenters. The molecule has 0 saturated heterocycles. The van der Waals surface area contributed by atoms with E-state index < -0.39 is 0 Å². The molecule has 0 bridgehead atoms. The smallest absolute Gasteiger partial charge is 0.123 e. The van der Waals surface area contributed by atoms with Crippen molar-refractivity contribution in [2.75, 3.05) is 20.6 Å².